The molecule has 220 valence electrons. The van der Waals surface area contributed by atoms with Crippen molar-refractivity contribution in [1.29, 1.82) is 0 Å². The van der Waals surface area contributed by atoms with E-state index in [0.717, 1.165) is 35.0 Å². The van der Waals surface area contributed by atoms with E-state index in [1.165, 1.54) is 5.56 Å². The number of benzene rings is 1. The van der Waals surface area contributed by atoms with Gasteiger partial charge in [0.2, 0.25) is 5.79 Å². The van der Waals surface area contributed by atoms with Crippen molar-refractivity contribution < 1.29 is 28.4 Å². The Balaban J connectivity index is 1.16. The summed E-state index contributed by atoms with van der Waals surface area (Å²) in [5, 5.41) is 17.9. The van der Waals surface area contributed by atoms with Crippen LogP contribution in [0.25, 0.3) is 6.08 Å². The Hall–Kier alpha value is -1.67. The summed E-state index contributed by atoms with van der Waals surface area (Å²) in [5.41, 5.74) is 0.497. The van der Waals surface area contributed by atoms with E-state index in [2.05, 4.69) is 53.4 Å². The van der Waals surface area contributed by atoms with E-state index in [0.29, 0.717) is 32.4 Å². The molecular weight excluding hydrogens is 542 g/mol. The number of nitrogens with zero attached hydrogens (tertiary/aromatic N) is 2. The average Bonchev–Trinajstić information content (AvgIpc) is 3.70. The highest BCUT2D eigenvalue weighted by molar-refractivity contribution is 7.27. The molecule has 0 radical (unpaired) electrons. The van der Waals surface area contributed by atoms with Crippen LogP contribution in [0.3, 0.4) is 0 Å². The highest BCUT2D eigenvalue weighted by Crippen LogP contribution is 2.74. The van der Waals surface area contributed by atoms with Crippen molar-refractivity contribution in [1.82, 2.24) is 9.78 Å². The van der Waals surface area contributed by atoms with Crippen LogP contribution in [-0.4, -0.2) is 58.2 Å². The van der Waals surface area contributed by atoms with Crippen LogP contribution in [0.2, 0.25) is 0 Å². The van der Waals surface area contributed by atoms with Gasteiger partial charge in [-0.15, -0.1) is 9.24 Å². The molecule has 2 saturated heterocycles. The summed E-state index contributed by atoms with van der Waals surface area (Å²) in [7, 11) is 2.75. The molecule has 7 nitrogen and oxygen atoms in total. The minimum absolute atomic E-state index is 0.0235. The van der Waals surface area contributed by atoms with Crippen molar-refractivity contribution in [3.63, 3.8) is 0 Å². The maximum atomic E-state index is 18.2. The third kappa shape index (κ3) is 3.17. The van der Waals surface area contributed by atoms with Crippen LogP contribution in [0.4, 0.5) is 4.39 Å². The van der Waals surface area contributed by atoms with Gasteiger partial charge < -0.3 is 24.1 Å². The Morgan fingerprint density at radius 3 is 2.78 bits per heavy atom. The molecular formula is C32H40FN2O5P. The highest BCUT2D eigenvalue weighted by atomic mass is 31.0. The Bertz CT molecular complexity index is 1440. The van der Waals surface area contributed by atoms with Gasteiger partial charge in [0.25, 0.3) is 0 Å². The zero-order valence-corrected chi connectivity index (χ0v) is 25.2. The van der Waals surface area contributed by atoms with Crippen molar-refractivity contribution in [3.8, 4) is 0 Å². The van der Waals surface area contributed by atoms with Crippen LogP contribution < -0.4 is 5.30 Å². The van der Waals surface area contributed by atoms with E-state index in [1.54, 1.807) is 0 Å². The summed E-state index contributed by atoms with van der Waals surface area (Å²) < 4.78 is 44.7. The lowest BCUT2D eigenvalue weighted by molar-refractivity contribution is -0.279. The van der Waals surface area contributed by atoms with E-state index in [9.17, 15) is 5.11 Å². The lowest BCUT2D eigenvalue weighted by Crippen LogP contribution is -2.72. The smallest absolute Gasteiger partial charge is 0.227 e. The molecule has 2 unspecified atom stereocenters. The van der Waals surface area contributed by atoms with Gasteiger partial charge in [-0.3, -0.25) is 4.68 Å². The summed E-state index contributed by atoms with van der Waals surface area (Å²) in [6.45, 7) is 7.65. The first-order chi connectivity index (χ1) is 19.6. The van der Waals surface area contributed by atoms with Crippen molar-refractivity contribution in [2.45, 2.75) is 82.6 Å². The lowest BCUT2D eigenvalue weighted by Gasteiger charge is -2.64. The van der Waals surface area contributed by atoms with Gasteiger partial charge in [-0.1, -0.05) is 44.5 Å². The highest BCUT2D eigenvalue weighted by Gasteiger charge is 2.81. The number of aliphatic hydroxyl groups is 1. The number of fused-ring (bicyclic) bond motifs is 8. The Morgan fingerprint density at radius 2 is 2.00 bits per heavy atom. The number of hydrogen-bond donors (Lipinski definition) is 1. The zero-order valence-electron chi connectivity index (χ0n) is 24.1. The lowest BCUT2D eigenvalue weighted by atomic mass is 9.43. The number of aromatic nitrogens is 2. The number of halogens is 1. The van der Waals surface area contributed by atoms with Gasteiger partial charge in [0.05, 0.1) is 24.5 Å². The summed E-state index contributed by atoms with van der Waals surface area (Å²) >= 11 is 0. The fourth-order valence-corrected chi connectivity index (χ4v) is 11.0. The van der Waals surface area contributed by atoms with Crippen LogP contribution in [0.15, 0.2) is 36.0 Å². The molecule has 3 heterocycles. The van der Waals surface area contributed by atoms with Gasteiger partial charge >= 0.3 is 0 Å². The molecule has 1 aromatic heterocycles. The monoisotopic (exact) mass is 582 g/mol. The second kappa shape index (κ2) is 8.71. The number of allylic oxidation sites excluding steroid dienone is 1. The molecule has 5 fully saturated rings. The predicted octanol–water partition coefficient (Wildman–Crippen LogP) is 4.37. The van der Waals surface area contributed by atoms with E-state index >= 15 is 4.39 Å². The molecule has 41 heavy (non-hydrogen) atoms. The first-order valence-electron chi connectivity index (χ1n) is 15.0. The van der Waals surface area contributed by atoms with Crippen LogP contribution in [-0.2, 0) is 31.9 Å². The summed E-state index contributed by atoms with van der Waals surface area (Å²) in [6, 6.07) is 8.38. The topological polar surface area (TPSA) is 75.0 Å². The third-order valence-corrected chi connectivity index (χ3v) is 12.6. The largest absolute Gasteiger partial charge is 0.390 e. The molecule has 2 spiro atoms. The molecule has 1 aromatic carbocycles. The fourth-order valence-electron chi connectivity index (χ4n) is 10.6. The van der Waals surface area contributed by atoms with Crippen LogP contribution in [0.1, 0.15) is 63.3 Å². The molecule has 6 aliphatic rings. The summed E-state index contributed by atoms with van der Waals surface area (Å²) in [5.74, 6) is -1.22. The second-order valence-corrected chi connectivity index (χ2v) is 14.6. The molecule has 8 rings (SSSR count). The first-order valence-corrected chi connectivity index (χ1v) is 15.6. The maximum absolute atomic E-state index is 18.2. The van der Waals surface area contributed by atoms with Gasteiger partial charge in [-0.2, -0.15) is 5.10 Å². The summed E-state index contributed by atoms with van der Waals surface area (Å²) in [4.78, 5) is 0. The van der Waals surface area contributed by atoms with Gasteiger partial charge in [-0.05, 0) is 72.5 Å². The van der Waals surface area contributed by atoms with Crippen molar-refractivity contribution >= 4 is 20.6 Å². The molecule has 10 atom stereocenters. The SMILES string of the molecule is C[C@@H]1C[C@H]2[C@@H]3CCC4=Cc5c(cnn5Cc5cccc(P)c5)C[C@]4(C)[C@@]3(F)[C@@H](O)C[C@]2(C)[C@]12OCOC21COCO1. The van der Waals surface area contributed by atoms with Crippen molar-refractivity contribution in [2.75, 3.05) is 20.2 Å². The van der Waals surface area contributed by atoms with Gasteiger partial charge in [0, 0.05) is 16.7 Å². The van der Waals surface area contributed by atoms with Crippen molar-refractivity contribution in [2.24, 2.45) is 28.6 Å². The third-order valence-electron chi connectivity index (χ3n) is 12.3. The van der Waals surface area contributed by atoms with Crippen molar-refractivity contribution in [3.05, 3.63) is 52.9 Å². The molecule has 4 aliphatic carbocycles. The van der Waals surface area contributed by atoms with E-state index < -0.39 is 34.0 Å². The molecule has 0 amide bonds. The number of aliphatic hydroxyl groups excluding tert-OH is 1. The number of ether oxygens (including phenoxy) is 4. The normalized spacial score (nSPS) is 46.3. The molecule has 2 aliphatic heterocycles. The van der Waals surface area contributed by atoms with Gasteiger partial charge in [0.1, 0.15) is 17.9 Å². The summed E-state index contributed by atoms with van der Waals surface area (Å²) in [6.07, 6.45) is 6.08. The Kier molecular flexibility index (Phi) is 5.72. The van der Waals surface area contributed by atoms with Gasteiger partial charge in [0.15, 0.2) is 13.6 Å². The number of rotatable bonds is 2. The number of alkyl halides is 1. The van der Waals surface area contributed by atoms with Gasteiger partial charge in [-0.25, -0.2) is 4.39 Å². The zero-order chi connectivity index (χ0) is 28.4. The molecule has 2 aromatic rings. The minimum atomic E-state index is -1.76. The van der Waals surface area contributed by atoms with E-state index in [-0.39, 0.29) is 31.3 Å². The average molecular weight is 583 g/mol. The van der Waals surface area contributed by atoms with Crippen LogP contribution >= 0.6 is 9.24 Å². The minimum Gasteiger partial charge on any atom is -0.390 e. The maximum Gasteiger partial charge on any atom is 0.227 e. The Morgan fingerprint density at radius 1 is 1.17 bits per heavy atom. The Labute approximate surface area is 243 Å². The first kappa shape index (κ1) is 26.9. The van der Waals surface area contributed by atoms with Crippen LogP contribution in [0.5, 0.6) is 0 Å². The second-order valence-electron chi connectivity index (χ2n) is 13.9. The predicted molar refractivity (Wildman–Crippen MR) is 154 cm³/mol. The number of hydrogen-bond acceptors (Lipinski definition) is 6. The standard InChI is InChI=1S/C32H40FN2O5P/c1-19-9-25-24-8-7-22-11-26-21(14-34-35(26)15-20-5-4-6-23(41)10-20)12-28(22,2)31(24,33)27(36)13-29(25,3)32(19)30(39-18-40-32)16-37-17-38-30/h4-6,10-11,14,19,24-25,27,36H,7-9,12-13,15-18,41H2,1-3H3/t19-,24+,25+,27+,28+,29+,30?,31+,32-/m1/s1. The fraction of sp³-hybridized carbons (Fsp3) is 0.656. The molecule has 3 saturated carbocycles. The molecule has 9 heteroatoms. The van der Waals surface area contributed by atoms with E-state index in [4.69, 9.17) is 24.0 Å². The molecule has 0 bridgehead atoms. The van der Waals surface area contributed by atoms with Crippen LogP contribution in [0, 0.1) is 28.6 Å². The molecule has 1 N–H and O–H groups in total. The quantitative estimate of drug-likeness (QED) is 0.531. The van der Waals surface area contributed by atoms with E-state index in [1.807, 2.05) is 17.8 Å².